The smallest absolute Gasteiger partial charge is 0.262 e. The van der Waals surface area contributed by atoms with Crippen LogP contribution in [0.25, 0.3) is 21.1 Å². The van der Waals surface area contributed by atoms with Crippen molar-refractivity contribution < 1.29 is 0 Å². The van der Waals surface area contributed by atoms with E-state index in [2.05, 4.69) is 24.9 Å². The Bertz CT molecular complexity index is 1150. The van der Waals surface area contributed by atoms with E-state index in [0.717, 1.165) is 15.7 Å². The third kappa shape index (κ3) is 3.88. The van der Waals surface area contributed by atoms with E-state index in [-0.39, 0.29) is 5.56 Å². The number of para-hydroxylation sites is 1. The van der Waals surface area contributed by atoms with Crippen LogP contribution < -0.4 is 5.56 Å². The summed E-state index contributed by atoms with van der Waals surface area (Å²) in [5.41, 5.74) is 1.65. The summed E-state index contributed by atoms with van der Waals surface area (Å²) < 4.78 is 2.94. The van der Waals surface area contributed by atoms with Gasteiger partial charge in [0.05, 0.1) is 26.9 Å². The highest BCUT2D eigenvalue weighted by molar-refractivity contribution is 7.98. The average molecular weight is 416 g/mol. The molecule has 4 aromatic rings. The van der Waals surface area contributed by atoms with Gasteiger partial charge in [-0.25, -0.2) is 9.97 Å². The van der Waals surface area contributed by atoms with Crippen molar-refractivity contribution in [2.24, 2.45) is 5.92 Å². The van der Waals surface area contributed by atoms with Crippen LogP contribution in [0.3, 0.4) is 0 Å². The molecule has 0 aliphatic rings. The molecule has 0 spiro atoms. The number of halogens is 1. The van der Waals surface area contributed by atoms with Crippen LogP contribution in [0.15, 0.2) is 52.4 Å². The molecule has 0 saturated carbocycles. The first kappa shape index (κ1) is 18.5. The molecule has 0 atom stereocenters. The zero-order chi connectivity index (χ0) is 19.0. The van der Waals surface area contributed by atoms with Crippen molar-refractivity contribution in [1.82, 2.24) is 14.5 Å². The Morgan fingerprint density at radius 1 is 1.15 bits per heavy atom. The molecule has 0 amide bonds. The second-order valence-electron chi connectivity index (χ2n) is 6.73. The molecular formula is C20H18ClN3OS2. The highest BCUT2D eigenvalue weighted by atomic mass is 35.5. The first-order valence-electron chi connectivity index (χ1n) is 8.68. The van der Waals surface area contributed by atoms with Gasteiger partial charge in [-0.3, -0.25) is 9.36 Å². The lowest BCUT2D eigenvalue weighted by Crippen LogP contribution is -2.25. The molecular weight excluding hydrogens is 398 g/mol. The molecule has 4 rings (SSSR count). The fraction of sp³-hybridized carbons (Fsp3) is 0.250. The Hall–Kier alpha value is -1.89. The number of hydrogen-bond acceptors (Lipinski definition) is 5. The summed E-state index contributed by atoms with van der Waals surface area (Å²) in [7, 11) is 0. The Balaban J connectivity index is 1.72. The fourth-order valence-electron chi connectivity index (χ4n) is 2.92. The lowest BCUT2D eigenvalue weighted by atomic mass is 10.2. The van der Waals surface area contributed by atoms with Gasteiger partial charge in [0.15, 0.2) is 5.16 Å². The van der Waals surface area contributed by atoms with Gasteiger partial charge in [0.2, 0.25) is 0 Å². The Morgan fingerprint density at radius 3 is 2.74 bits per heavy atom. The monoisotopic (exact) mass is 415 g/mol. The Morgan fingerprint density at radius 2 is 1.96 bits per heavy atom. The lowest BCUT2D eigenvalue weighted by Gasteiger charge is -2.14. The van der Waals surface area contributed by atoms with E-state index < -0.39 is 0 Å². The van der Waals surface area contributed by atoms with E-state index in [0.29, 0.717) is 34.1 Å². The molecule has 7 heteroatoms. The van der Waals surface area contributed by atoms with Crippen molar-refractivity contribution in [1.29, 1.82) is 0 Å². The zero-order valence-corrected chi connectivity index (χ0v) is 17.4. The maximum absolute atomic E-state index is 13.0. The van der Waals surface area contributed by atoms with E-state index in [1.165, 1.54) is 4.70 Å². The third-order valence-corrected chi connectivity index (χ3v) is 6.53. The van der Waals surface area contributed by atoms with E-state index >= 15 is 0 Å². The second kappa shape index (κ2) is 7.62. The molecule has 4 nitrogen and oxygen atoms in total. The molecule has 0 fully saturated rings. The average Bonchev–Trinajstić information content (AvgIpc) is 3.06. The van der Waals surface area contributed by atoms with Gasteiger partial charge in [-0.05, 0) is 36.2 Å². The number of benzene rings is 2. The van der Waals surface area contributed by atoms with E-state index in [1.807, 2.05) is 18.2 Å². The molecule has 2 heterocycles. The van der Waals surface area contributed by atoms with Gasteiger partial charge in [-0.1, -0.05) is 49.3 Å². The first-order valence-corrected chi connectivity index (χ1v) is 10.9. The van der Waals surface area contributed by atoms with Gasteiger partial charge in [0.1, 0.15) is 5.01 Å². The standard InChI is InChI=1S/C20H18ClN3OS2/c1-12(2)10-24-19(25)14-9-13(21)7-8-15(14)23-20(24)26-11-18-22-16-5-3-4-6-17(16)27-18/h3-9,12H,10-11H2,1-2H3. The highest BCUT2D eigenvalue weighted by Crippen LogP contribution is 2.28. The molecule has 0 unspecified atom stereocenters. The summed E-state index contributed by atoms with van der Waals surface area (Å²) in [6, 6.07) is 13.4. The van der Waals surface area contributed by atoms with E-state index in [9.17, 15) is 4.79 Å². The van der Waals surface area contributed by atoms with Crippen LogP contribution in [0, 0.1) is 5.92 Å². The van der Waals surface area contributed by atoms with Crippen molar-refractivity contribution in [3.05, 3.63) is 62.8 Å². The SMILES string of the molecule is CC(C)Cn1c(SCc2nc3ccccc3s2)nc2ccc(Cl)cc2c1=O. The van der Waals surface area contributed by atoms with Crippen molar-refractivity contribution >= 4 is 55.8 Å². The van der Waals surface area contributed by atoms with Crippen molar-refractivity contribution in [3.63, 3.8) is 0 Å². The van der Waals surface area contributed by atoms with Gasteiger partial charge < -0.3 is 0 Å². The Labute approximate surface area is 170 Å². The molecule has 0 aliphatic heterocycles. The summed E-state index contributed by atoms with van der Waals surface area (Å²) >= 11 is 9.32. The molecule has 2 aromatic carbocycles. The molecule has 138 valence electrons. The molecule has 0 saturated heterocycles. The summed E-state index contributed by atoms with van der Waals surface area (Å²) in [5.74, 6) is 1.02. The minimum Gasteiger partial charge on any atom is -0.287 e. The summed E-state index contributed by atoms with van der Waals surface area (Å²) in [5, 5.41) is 2.87. The number of aromatic nitrogens is 3. The first-order chi connectivity index (χ1) is 13.0. The molecule has 27 heavy (non-hydrogen) atoms. The van der Waals surface area contributed by atoms with Crippen LogP contribution >= 0.6 is 34.7 Å². The lowest BCUT2D eigenvalue weighted by molar-refractivity contribution is 0.475. The normalized spacial score (nSPS) is 11.7. The number of rotatable bonds is 5. The van der Waals surface area contributed by atoms with Crippen LogP contribution in [-0.4, -0.2) is 14.5 Å². The predicted octanol–water partition coefficient (Wildman–Crippen LogP) is 5.61. The van der Waals surface area contributed by atoms with Gasteiger partial charge in [-0.15, -0.1) is 11.3 Å². The van der Waals surface area contributed by atoms with Crippen LogP contribution in [0.1, 0.15) is 18.9 Å². The van der Waals surface area contributed by atoms with Crippen molar-refractivity contribution in [2.45, 2.75) is 31.3 Å². The maximum atomic E-state index is 13.0. The predicted molar refractivity (Wildman–Crippen MR) is 115 cm³/mol. The summed E-state index contributed by atoms with van der Waals surface area (Å²) in [6.07, 6.45) is 0. The van der Waals surface area contributed by atoms with Gasteiger partial charge in [0.25, 0.3) is 5.56 Å². The van der Waals surface area contributed by atoms with Crippen LogP contribution in [-0.2, 0) is 12.3 Å². The number of hydrogen-bond donors (Lipinski definition) is 0. The van der Waals surface area contributed by atoms with E-state index in [1.54, 1.807) is 45.9 Å². The van der Waals surface area contributed by atoms with Gasteiger partial charge >= 0.3 is 0 Å². The Kier molecular flexibility index (Phi) is 5.21. The van der Waals surface area contributed by atoms with Crippen molar-refractivity contribution in [3.8, 4) is 0 Å². The summed E-state index contributed by atoms with van der Waals surface area (Å²) in [6.45, 7) is 4.81. The molecule has 0 aliphatic carbocycles. The number of thioether (sulfide) groups is 1. The van der Waals surface area contributed by atoms with Gasteiger partial charge in [0, 0.05) is 11.6 Å². The summed E-state index contributed by atoms with van der Waals surface area (Å²) in [4.78, 5) is 22.5. The van der Waals surface area contributed by atoms with Crippen LogP contribution in [0.2, 0.25) is 5.02 Å². The second-order valence-corrected chi connectivity index (χ2v) is 9.22. The number of nitrogens with zero attached hydrogens (tertiary/aromatic N) is 3. The molecule has 0 radical (unpaired) electrons. The molecule has 0 N–H and O–H groups in total. The van der Waals surface area contributed by atoms with Gasteiger partial charge in [-0.2, -0.15) is 0 Å². The van der Waals surface area contributed by atoms with Crippen molar-refractivity contribution in [2.75, 3.05) is 0 Å². The third-order valence-electron chi connectivity index (χ3n) is 4.09. The fourth-order valence-corrected chi connectivity index (χ4v) is 5.06. The minimum absolute atomic E-state index is 0.0389. The number of fused-ring (bicyclic) bond motifs is 2. The van der Waals surface area contributed by atoms with Crippen LogP contribution in [0.4, 0.5) is 0 Å². The van der Waals surface area contributed by atoms with E-state index in [4.69, 9.17) is 16.6 Å². The zero-order valence-electron chi connectivity index (χ0n) is 15.0. The number of thiazole rings is 1. The largest absolute Gasteiger partial charge is 0.287 e. The topological polar surface area (TPSA) is 47.8 Å². The quantitative estimate of drug-likeness (QED) is 0.314. The molecule has 0 bridgehead atoms. The molecule has 2 aromatic heterocycles. The highest BCUT2D eigenvalue weighted by Gasteiger charge is 2.14. The van der Waals surface area contributed by atoms with Crippen LogP contribution in [0.5, 0.6) is 0 Å². The minimum atomic E-state index is -0.0389. The maximum Gasteiger partial charge on any atom is 0.262 e.